The van der Waals surface area contributed by atoms with Gasteiger partial charge in [0.15, 0.2) is 0 Å². The summed E-state index contributed by atoms with van der Waals surface area (Å²) in [7, 11) is 0. The second-order valence-electron chi connectivity index (χ2n) is 5.32. The van der Waals surface area contributed by atoms with Gasteiger partial charge in [0, 0.05) is 18.7 Å². The summed E-state index contributed by atoms with van der Waals surface area (Å²) in [5, 5.41) is 13.4. The minimum atomic E-state index is -0.751. The van der Waals surface area contributed by atoms with Crippen molar-refractivity contribution in [1.29, 1.82) is 0 Å². The maximum Gasteiger partial charge on any atom is 0.269 e. The van der Waals surface area contributed by atoms with E-state index in [1.165, 1.54) is 12.1 Å². The van der Waals surface area contributed by atoms with Gasteiger partial charge in [-0.25, -0.2) is 0 Å². The van der Waals surface area contributed by atoms with Crippen LogP contribution in [0.15, 0.2) is 24.3 Å². The van der Waals surface area contributed by atoms with Crippen LogP contribution < -0.4 is 11.1 Å². The number of nitro benzene ring substituents is 1. The Bertz CT molecular complexity index is 499. The Morgan fingerprint density at radius 3 is 2.33 bits per heavy atom. The highest BCUT2D eigenvalue weighted by Crippen LogP contribution is 2.26. The Labute approximate surface area is 129 Å². The molecular weight excluding hydrogens is 294 g/mol. The van der Waals surface area contributed by atoms with Crippen LogP contribution in [0, 0.1) is 10.1 Å². The first-order chi connectivity index (χ1) is 9.51. The summed E-state index contributed by atoms with van der Waals surface area (Å²) in [4.78, 5) is 22.2. The molecular formula is C14H20ClN3O3. The SMILES string of the molecule is Cl.NC1(C(=O)NCc2ccc([N+](=O)[O-])cc2)CCCCC1. The molecule has 6 nitrogen and oxygen atoms in total. The number of nitro groups is 1. The Balaban J connectivity index is 0.00000220. The number of carbonyl (C=O) groups is 1. The molecule has 0 unspecified atom stereocenters. The summed E-state index contributed by atoms with van der Waals surface area (Å²) in [5.41, 5.74) is 6.24. The number of hydrogen-bond acceptors (Lipinski definition) is 4. The molecule has 0 saturated heterocycles. The molecule has 7 heteroatoms. The highest BCUT2D eigenvalue weighted by Gasteiger charge is 2.34. The van der Waals surface area contributed by atoms with Gasteiger partial charge >= 0.3 is 0 Å². The minimum absolute atomic E-state index is 0. The normalized spacial score (nSPS) is 16.6. The number of nitrogens with zero attached hydrogens (tertiary/aromatic N) is 1. The van der Waals surface area contributed by atoms with Gasteiger partial charge in [-0.15, -0.1) is 12.4 Å². The Morgan fingerprint density at radius 1 is 1.24 bits per heavy atom. The summed E-state index contributed by atoms with van der Waals surface area (Å²) < 4.78 is 0. The lowest BCUT2D eigenvalue weighted by Crippen LogP contribution is -2.54. The Hall–Kier alpha value is -1.66. The van der Waals surface area contributed by atoms with Crippen LogP contribution >= 0.6 is 12.4 Å². The van der Waals surface area contributed by atoms with Gasteiger partial charge in [0.2, 0.25) is 5.91 Å². The molecule has 0 bridgehead atoms. The number of nitrogens with one attached hydrogen (secondary N) is 1. The smallest absolute Gasteiger partial charge is 0.269 e. The van der Waals surface area contributed by atoms with Crippen molar-refractivity contribution >= 4 is 24.0 Å². The van der Waals surface area contributed by atoms with Gasteiger partial charge < -0.3 is 11.1 Å². The fourth-order valence-corrected chi connectivity index (χ4v) is 2.50. The molecule has 1 saturated carbocycles. The Kier molecular flexibility index (Phi) is 6.11. The van der Waals surface area contributed by atoms with E-state index in [9.17, 15) is 14.9 Å². The highest BCUT2D eigenvalue weighted by atomic mass is 35.5. The van der Waals surface area contributed by atoms with Gasteiger partial charge in [0.1, 0.15) is 0 Å². The second kappa shape index (κ2) is 7.38. The van der Waals surface area contributed by atoms with Crippen LogP contribution in [0.1, 0.15) is 37.7 Å². The molecule has 0 spiro atoms. The largest absolute Gasteiger partial charge is 0.350 e. The molecule has 1 aliphatic rings. The molecule has 2 rings (SSSR count). The molecule has 1 aliphatic carbocycles. The molecule has 21 heavy (non-hydrogen) atoms. The van der Waals surface area contributed by atoms with E-state index in [4.69, 9.17) is 5.73 Å². The average molecular weight is 314 g/mol. The molecule has 116 valence electrons. The molecule has 0 aliphatic heterocycles. The standard InChI is InChI=1S/C14H19N3O3.ClH/c15-14(8-2-1-3-9-14)13(18)16-10-11-4-6-12(7-5-11)17(19)20;/h4-7H,1-3,8-10,15H2,(H,16,18);1H. The number of nitrogens with two attached hydrogens (primary N) is 1. The van der Waals surface area contributed by atoms with E-state index in [-0.39, 0.29) is 24.0 Å². The van der Waals surface area contributed by atoms with E-state index in [2.05, 4.69) is 5.32 Å². The highest BCUT2D eigenvalue weighted by molar-refractivity contribution is 5.86. The number of rotatable bonds is 4. The van der Waals surface area contributed by atoms with Crippen molar-refractivity contribution in [2.75, 3.05) is 0 Å². The van der Waals surface area contributed by atoms with Gasteiger partial charge in [0.05, 0.1) is 10.5 Å². The molecule has 0 atom stereocenters. The van der Waals surface area contributed by atoms with Crippen molar-refractivity contribution in [2.24, 2.45) is 5.73 Å². The van der Waals surface area contributed by atoms with Gasteiger partial charge in [-0.1, -0.05) is 31.4 Å². The molecule has 1 aromatic carbocycles. The molecule has 0 heterocycles. The summed E-state index contributed by atoms with van der Waals surface area (Å²) in [5.74, 6) is -0.129. The lowest BCUT2D eigenvalue weighted by Gasteiger charge is -2.31. The van der Waals surface area contributed by atoms with Crippen molar-refractivity contribution in [3.8, 4) is 0 Å². The van der Waals surface area contributed by atoms with Crippen molar-refractivity contribution in [3.63, 3.8) is 0 Å². The van der Waals surface area contributed by atoms with Crippen LogP contribution in [0.25, 0.3) is 0 Å². The number of halogens is 1. The zero-order chi connectivity index (χ0) is 14.6. The number of carbonyl (C=O) groups excluding carboxylic acids is 1. The summed E-state index contributed by atoms with van der Waals surface area (Å²) in [6, 6.07) is 6.14. The number of amides is 1. The maximum absolute atomic E-state index is 12.1. The third-order valence-electron chi connectivity index (χ3n) is 3.80. The van der Waals surface area contributed by atoms with E-state index in [0.717, 1.165) is 37.7 Å². The fourth-order valence-electron chi connectivity index (χ4n) is 2.50. The third kappa shape index (κ3) is 4.41. The van der Waals surface area contributed by atoms with Crippen LogP contribution in [0.4, 0.5) is 5.69 Å². The van der Waals surface area contributed by atoms with Crippen molar-refractivity contribution in [1.82, 2.24) is 5.32 Å². The van der Waals surface area contributed by atoms with Gasteiger partial charge in [0.25, 0.3) is 5.69 Å². The zero-order valence-electron chi connectivity index (χ0n) is 11.7. The first-order valence-electron chi connectivity index (χ1n) is 6.82. The maximum atomic E-state index is 12.1. The molecule has 0 radical (unpaired) electrons. The van der Waals surface area contributed by atoms with Crippen molar-refractivity contribution in [2.45, 2.75) is 44.2 Å². The van der Waals surface area contributed by atoms with Crippen LogP contribution in [-0.4, -0.2) is 16.4 Å². The predicted octanol–water partition coefficient (Wildman–Crippen LogP) is 2.29. The molecule has 3 N–H and O–H groups in total. The van der Waals surface area contributed by atoms with E-state index in [0.29, 0.717) is 6.54 Å². The zero-order valence-corrected chi connectivity index (χ0v) is 12.5. The van der Waals surface area contributed by atoms with Crippen LogP contribution in [0.3, 0.4) is 0 Å². The monoisotopic (exact) mass is 313 g/mol. The number of hydrogen-bond donors (Lipinski definition) is 2. The fraction of sp³-hybridized carbons (Fsp3) is 0.500. The lowest BCUT2D eigenvalue weighted by atomic mass is 9.82. The van der Waals surface area contributed by atoms with Crippen LogP contribution in [0.5, 0.6) is 0 Å². The number of non-ortho nitro benzene ring substituents is 1. The summed E-state index contributed by atoms with van der Waals surface area (Å²) in [6.07, 6.45) is 4.55. The van der Waals surface area contributed by atoms with Crippen molar-refractivity contribution in [3.05, 3.63) is 39.9 Å². The van der Waals surface area contributed by atoms with E-state index in [1.54, 1.807) is 12.1 Å². The second-order valence-corrected chi connectivity index (χ2v) is 5.32. The van der Waals surface area contributed by atoms with Gasteiger partial charge in [-0.05, 0) is 18.4 Å². The first kappa shape index (κ1) is 17.4. The molecule has 1 amide bonds. The first-order valence-corrected chi connectivity index (χ1v) is 6.82. The quantitative estimate of drug-likeness (QED) is 0.658. The van der Waals surface area contributed by atoms with Crippen LogP contribution in [-0.2, 0) is 11.3 Å². The molecule has 1 aromatic rings. The minimum Gasteiger partial charge on any atom is -0.350 e. The van der Waals surface area contributed by atoms with Crippen molar-refractivity contribution < 1.29 is 9.72 Å². The van der Waals surface area contributed by atoms with Crippen LogP contribution in [0.2, 0.25) is 0 Å². The lowest BCUT2D eigenvalue weighted by molar-refractivity contribution is -0.384. The van der Waals surface area contributed by atoms with E-state index in [1.807, 2.05) is 0 Å². The van der Waals surface area contributed by atoms with Gasteiger partial charge in [-0.2, -0.15) is 0 Å². The molecule has 1 fully saturated rings. The molecule has 0 aromatic heterocycles. The van der Waals surface area contributed by atoms with E-state index < -0.39 is 10.5 Å². The summed E-state index contributed by atoms with van der Waals surface area (Å²) >= 11 is 0. The van der Waals surface area contributed by atoms with E-state index >= 15 is 0 Å². The third-order valence-corrected chi connectivity index (χ3v) is 3.80. The average Bonchev–Trinajstić information content (AvgIpc) is 2.46. The Morgan fingerprint density at radius 2 is 1.81 bits per heavy atom. The van der Waals surface area contributed by atoms with Gasteiger partial charge in [-0.3, -0.25) is 14.9 Å². The topological polar surface area (TPSA) is 98.3 Å². The summed E-state index contributed by atoms with van der Waals surface area (Å²) in [6.45, 7) is 0.343. The predicted molar refractivity (Wildman–Crippen MR) is 82.2 cm³/mol. The number of benzene rings is 1.